The number of esters is 1. The van der Waals surface area contributed by atoms with Gasteiger partial charge in [-0.25, -0.2) is 9.59 Å². The zero-order chi connectivity index (χ0) is 13.3. The standard InChI is InChI=1S/C12H12O6/c1-6-2-8(18-11(6)12(15)16)5-9-3-7(13)4-10(14)17-9/h2,4,9,13H,3,5H2,1H3,(H,15,16). The molecule has 0 saturated carbocycles. The molecule has 96 valence electrons. The van der Waals surface area contributed by atoms with E-state index in [-0.39, 0.29) is 24.4 Å². The number of cyclic esters (lactones) is 1. The SMILES string of the molecule is Cc1cc(CC2CC(O)=CC(=O)O2)oc1C(=O)O. The number of carboxylic acid groups (broad SMARTS) is 1. The molecule has 0 amide bonds. The molecule has 0 spiro atoms. The second-order valence-corrected chi connectivity index (χ2v) is 4.13. The van der Waals surface area contributed by atoms with Gasteiger partial charge in [-0.2, -0.15) is 0 Å². The molecule has 1 aromatic heterocycles. The first-order valence-corrected chi connectivity index (χ1v) is 5.38. The van der Waals surface area contributed by atoms with E-state index in [0.717, 1.165) is 6.08 Å². The molecule has 1 aliphatic rings. The van der Waals surface area contributed by atoms with Crippen LogP contribution >= 0.6 is 0 Å². The van der Waals surface area contributed by atoms with E-state index in [2.05, 4.69) is 0 Å². The van der Waals surface area contributed by atoms with Crippen molar-refractivity contribution < 1.29 is 29.0 Å². The minimum atomic E-state index is -1.14. The maximum atomic E-state index is 11.1. The highest BCUT2D eigenvalue weighted by Crippen LogP contribution is 2.21. The molecule has 0 aliphatic carbocycles. The van der Waals surface area contributed by atoms with Crippen molar-refractivity contribution in [2.75, 3.05) is 0 Å². The van der Waals surface area contributed by atoms with Gasteiger partial charge < -0.3 is 19.4 Å². The second kappa shape index (κ2) is 4.56. The summed E-state index contributed by atoms with van der Waals surface area (Å²) in [5, 5.41) is 18.2. The van der Waals surface area contributed by atoms with Crippen molar-refractivity contribution in [1.29, 1.82) is 0 Å². The van der Waals surface area contributed by atoms with Crippen LogP contribution in [0.25, 0.3) is 0 Å². The summed E-state index contributed by atoms with van der Waals surface area (Å²) in [7, 11) is 0. The van der Waals surface area contributed by atoms with E-state index < -0.39 is 18.0 Å². The lowest BCUT2D eigenvalue weighted by Gasteiger charge is -2.19. The third-order valence-corrected chi connectivity index (χ3v) is 2.60. The Morgan fingerprint density at radius 3 is 2.83 bits per heavy atom. The zero-order valence-corrected chi connectivity index (χ0v) is 9.67. The van der Waals surface area contributed by atoms with Crippen molar-refractivity contribution in [2.45, 2.75) is 25.9 Å². The van der Waals surface area contributed by atoms with Gasteiger partial charge in [-0.05, 0) is 13.0 Å². The average molecular weight is 252 g/mol. The third kappa shape index (κ3) is 2.53. The third-order valence-electron chi connectivity index (χ3n) is 2.60. The largest absolute Gasteiger partial charge is 0.512 e. The van der Waals surface area contributed by atoms with Crippen molar-refractivity contribution in [2.24, 2.45) is 0 Å². The van der Waals surface area contributed by atoms with Gasteiger partial charge in [-0.1, -0.05) is 0 Å². The number of ether oxygens (including phenoxy) is 1. The summed E-state index contributed by atoms with van der Waals surface area (Å²) in [6.45, 7) is 1.63. The number of rotatable bonds is 3. The molecule has 0 aromatic carbocycles. The van der Waals surface area contributed by atoms with Gasteiger partial charge >= 0.3 is 11.9 Å². The molecule has 0 fully saturated rings. The Balaban J connectivity index is 2.11. The molecule has 1 atom stereocenters. The van der Waals surface area contributed by atoms with Gasteiger partial charge in [0.05, 0.1) is 6.08 Å². The van der Waals surface area contributed by atoms with Crippen molar-refractivity contribution in [3.8, 4) is 0 Å². The molecule has 2 heterocycles. The van der Waals surface area contributed by atoms with Crippen LogP contribution in [0.4, 0.5) is 0 Å². The summed E-state index contributed by atoms with van der Waals surface area (Å²) in [6, 6.07) is 1.59. The van der Waals surface area contributed by atoms with E-state index in [1.807, 2.05) is 0 Å². The van der Waals surface area contributed by atoms with Crippen molar-refractivity contribution in [3.63, 3.8) is 0 Å². The number of carbonyl (C=O) groups is 2. The molecule has 6 heteroatoms. The molecular weight excluding hydrogens is 240 g/mol. The summed E-state index contributed by atoms with van der Waals surface area (Å²) in [5.41, 5.74) is 0.513. The summed E-state index contributed by atoms with van der Waals surface area (Å²) in [5.74, 6) is -1.49. The first-order valence-electron chi connectivity index (χ1n) is 5.38. The summed E-state index contributed by atoms with van der Waals surface area (Å²) in [6.07, 6.45) is 0.924. The number of hydrogen-bond donors (Lipinski definition) is 2. The van der Waals surface area contributed by atoms with Crippen LogP contribution < -0.4 is 0 Å². The summed E-state index contributed by atoms with van der Waals surface area (Å²) >= 11 is 0. The highest BCUT2D eigenvalue weighted by atomic mass is 16.5. The van der Waals surface area contributed by atoms with Gasteiger partial charge in [0.1, 0.15) is 17.6 Å². The van der Waals surface area contributed by atoms with Crippen molar-refractivity contribution >= 4 is 11.9 Å². The number of aliphatic hydroxyl groups is 1. The topological polar surface area (TPSA) is 97.0 Å². The Hall–Kier alpha value is -2.24. The molecule has 1 aromatic rings. The molecule has 1 unspecified atom stereocenters. The lowest BCUT2D eigenvalue weighted by molar-refractivity contribution is -0.145. The van der Waals surface area contributed by atoms with Gasteiger partial charge in [0, 0.05) is 18.4 Å². The van der Waals surface area contributed by atoms with Crippen molar-refractivity contribution in [3.05, 3.63) is 35.0 Å². The molecule has 0 bridgehead atoms. The van der Waals surface area contributed by atoms with Crippen LogP contribution in [0.15, 0.2) is 22.3 Å². The number of aliphatic hydroxyl groups excluding tert-OH is 1. The van der Waals surface area contributed by atoms with E-state index in [4.69, 9.17) is 14.3 Å². The van der Waals surface area contributed by atoms with Gasteiger partial charge in [-0.3, -0.25) is 0 Å². The predicted octanol–water partition coefficient (Wildman–Crippen LogP) is 1.59. The maximum absolute atomic E-state index is 11.1. The van der Waals surface area contributed by atoms with Crippen LogP contribution in [-0.4, -0.2) is 28.3 Å². The number of carboxylic acids is 1. The molecule has 0 radical (unpaired) electrons. The van der Waals surface area contributed by atoms with Crippen LogP contribution in [0.5, 0.6) is 0 Å². The molecule has 18 heavy (non-hydrogen) atoms. The van der Waals surface area contributed by atoms with Crippen LogP contribution in [0, 0.1) is 6.92 Å². The van der Waals surface area contributed by atoms with E-state index in [0.29, 0.717) is 11.3 Å². The Morgan fingerprint density at radius 1 is 1.56 bits per heavy atom. The van der Waals surface area contributed by atoms with E-state index in [1.54, 1.807) is 13.0 Å². The number of aromatic carboxylic acids is 1. The normalized spacial score (nSPS) is 19.3. The fourth-order valence-electron chi connectivity index (χ4n) is 1.87. The van der Waals surface area contributed by atoms with E-state index in [1.165, 1.54) is 0 Å². The minimum absolute atomic E-state index is 0.0435. The first-order chi connectivity index (χ1) is 8.45. The number of aryl methyl sites for hydroxylation is 1. The number of hydrogen-bond acceptors (Lipinski definition) is 5. The zero-order valence-electron chi connectivity index (χ0n) is 9.67. The molecule has 2 N–H and O–H groups in total. The summed E-state index contributed by atoms with van der Waals surface area (Å²) < 4.78 is 10.1. The smallest absolute Gasteiger partial charge is 0.372 e. The fraction of sp³-hybridized carbons (Fsp3) is 0.333. The van der Waals surface area contributed by atoms with Crippen LogP contribution in [0.2, 0.25) is 0 Å². The monoisotopic (exact) mass is 252 g/mol. The number of furan rings is 1. The maximum Gasteiger partial charge on any atom is 0.372 e. The lowest BCUT2D eigenvalue weighted by Crippen LogP contribution is -2.24. The predicted molar refractivity (Wildman–Crippen MR) is 59.3 cm³/mol. The molecule has 6 nitrogen and oxygen atoms in total. The Kier molecular flexibility index (Phi) is 3.10. The molecule has 0 saturated heterocycles. The Labute approximate surface area is 102 Å². The van der Waals surface area contributed by atoms with Crippen LogP contribution in [-0.2, 0) is 16.0 Å². The number of carbonyl (C=O) groups excluding carboxylic acids is 1. The summed E-state index contributed by atoms with van der Waals surface area (Å²) in [4.78, 5) is 21.9. The Morgan fingerprint density at radius 2 is 2.28 bits per heavy atom. The van der Waals surface area contributed by atoms with E-state index in [9.17, 15) is 14.7 Å². The van der Waals surface area contributed by atoms with E-state index >= 15 is 0 Å². The van der Waals surface area contributed by atoms with Gasteiger partial charge in [-0.15, -0.1) is 0 Å². The average Bonchev–Trinajstić information content (AvgIpc) is 2.57. The lowest BCUT2D eigenvalue weighted by atomic mass is 10.1. The van der Waals surface area contributed by atoms with Gasteiger partial charge in [0.25, 0.3) is 0 Å². The second-order valence-electron chi connectivity index (χ2n) is 4.13. The highest BCUT2D eigenvalue weighted by Gasteiger charge is 2.24. The quantitative estimate of drug-likeness (QED) is 0.793. The molecule has 1 aliphatic heterocycles. The fourth-order valence-corrected chi connectivity index (χ4v) is 1.87. The molecular formula is C12H12O6. The highest BCUT2D eigenvalue weighted by molar-refractivity contribution is 5.86. The minimum Gasteiger partial charge on any atom is -0.512 e. The first kappa shape index (κ1) is 12.2. The van der Waals surface area contributed by atoms with Crippen molar-refractivity contribution in [1.82, 2.24) is 0 Å². The Bertz CT molecular complexity index is 525. The molecule has 2 rings (SSSR count). The van der Waals surface area contributed by atoms with Gasteiger partial charge in [0.2, 0.25) is 5.76 Å². The van der Waals surface area contributed by atoms with Crippen LogP contribution in [0.1, 0.15) is 28.3 Å². The van der Waals surface area contributed by atoms with Gasteiger partial charge in [0.15, 0.2) is 0 Å². The van der Waals surface area contributed by atoms with Crippen LogP contribution in [0.3, 0.4) is 0 Å².